The Morgan fingerprint density at radius 1 is 1.30 bits per heavy atom. The van der Waals surface area contributed by atoms with E-state index in [-0.39, 0.29) is 12.1 Å². The number of amides is 1. The van der Waals surface area contributed by atoms with Crippen molar-refractivity contribution in [2.75, 3.05) is 13.1 Å². The van der Waals surface area contributed by atoms with Crippen LogP contribution in [0.25, 0.3) is 0 Å². The Bertz CT molecular complexity index is 490. The fourth-order valence-corrected chi connectivity index (χ4v) is 3.25. The van der Waals surface area contributed by atoms with Crippen molar-refractivity contribution >= 4 is 38.0 Å². The summed E-state index contributed by atoms with van der Waals surface area (Å²) in [5.74, 6) is 0. The van der Waals surface area contributed by atoms with Crippen molar-refractivity contribution in [3.05, 3.63) is 9.47 Å². The molecule has 1 saturated heterocycles. The van der Waals surface area contributed by atoms with Gasteiger partial charge in [-0.25, -0.2) is 9.48 Å². The summed E-state index contributed by atoms with van der Waals surface area (Å²) < 4.78 is 8.52. The molecule has 0 aromatic carbocycles. The zero-order valence-corrected chi connectivity index (χ0v) is 14.9. The third kappa shape index (κ3) is 3.94. The maximum Gasteiger partial charge on any atom is 0.410 e. The molecular weight excluding hydrogens is 392 g/mol. The first-order valence-corrected chi connectivity index (χ1v) is 8.10. The van der Waals surface area contributed by atoms with Crippen LogP contribution in [0.3, 0.4) is 0 Å². The average molecular weight is 410 g/mol. The number of hydrogen-bond acceptors (Lipinski definition) is 4. The van der Waals surface area contributed by atoms with E-state index >= 15 is 0 Å². The van der Waals surface area contributed by atoms with Crippen LogP contribution in [0.5, 0.6) is 0 Å². The average Bonchev–Trinajstić information content (AvgIpc) is 2.66. The van der Waals surface area contributed by atoms with Crippen LogP contribution in [0, 0.1) is 0 Å². The lowest BCUT2D eigenvalue weighted by Crippen LogP contribution is -2.42. The standard InChI is InChI=1S/C12H18Br2N4O2/c1-12(2,3)20-11(19)17-6-4-8(5-7-17)18-10(14)15-9(13)16-18/h8H,4-7H2,1-3H3. The SMILES string of the molecule is CC(C)(C)OC(=O)N1CCC(n2nc(Br)nc2Br)CC1. The minimum Gasteiger partial charge on any atom is -0.444 e. The predicted octanol–water partition coefficient (Wildman–Crippen LogP) is 3.38. The molecule has 2 heterocycles. The Labute approximate surface area is 135 Å². The molecule has 1 amide bonds. The highest BCUT2D eigenvalue weighted by atomic mass is 79.9. The van der Waals surface area contributed by atoms with E-state index in [1.54, 1.807) is 4.90 Å². The van der Waals surface area contributed by atoms with Crippen molar-refractivity contribution in [1.29, 1.82) is 0 Å². The number of halogens is 2. The van der Waals surface area contributed by atoms with Gasteiger partial charge in [-0.15, -0.1) is 5.10 Å². The molecule has 0 N–H and O–H groups in total. The molecule has 0 saturated carbocycles. The maximum absolute atomic E-state index is 12.0. The van der Waals surface area contributed by atoms with E-state index in [0.29, 0.717) is 22.6 Å². The van der Waals surface area contributed by atoms with Gasteiger partial charge in [-0.1, -0.05) is 0 Å². The molecule has 0 atom stereocenters. The van der Waals surface area contributed by atoms with Crippen LogP contribution in [0.1, 0.15) is 39.7 Å². The van der Waals surface area contributed by atoms with Gasteiger partial charge in [0.05, 0.1) is 6.04 Å². The molecule has 0 spiro atoms. The Morgan fingerprint density at radius 3 is 2.35 bits per heavy atom. The number of nitrogens with zero attached hydrogens (tertiary/aromatic N) is 4. The number of carbonyl (C=O) groups excluding carboxylic acids is 1. The fourth-order valence-electron chi connectivity index (χ4n) is 2.13. The first-order valence-electron chi connectivity index (χ1n) is 6.52. The molecule has 1 aromatic heterocycles. The summed E-state index contributed by atoms with van der Waals surface area (Å²) in [6.45, 7) is 6.97. The maximum atomic E-state index is 12.0. The molecular formula is C12H18Br2N4O2. The number of ether oxygens (including phenoxy) is 1. The van der Waals surface area contributed by atoms with E-state index in [1.165, 1.54) is 0 Å². The molecule has 1 aliphatic heterocycles. The highest BCUT2D eigenvalue weighted by Crippen LogP contribution is 2.26. The van der Waals surface area contributed by atoms with Gasteiger partial charge in [0, 0.05) is 13.1 Å². The molecule has 0 unspecified atom stereocenters. The number of hydrogen-bond donors (Lipinski definition) is 0. The number of likely N-dealkylation sites (tertiary alicyclic amines) is 1. The molecule has 6 nitrogen and oxygen atoms in total. The second kappa shape index (κ2) is 6.01. The van der Waals surface area contributed by atoms with Gasteiger partial charge in [0.1, 0.15) is 5.60 Å². The van der Waals surface area contributed by atoms with Crippen molar-refractivity contribution in [2.45, 2.75) is 45.3 Å². The highest BCUT2D eigenvalue weighted by molar-refractivity contribution is 9.11. The summed E-state index contributed by atoms with van der Waals surface area (Å²) in [6.07, 6.45) is 1.44. The lowest BCUT2D eigenvalue weighted by Gasteiger charge is -2.33. The summed E-state index contributed by atoms with van der Waals surface area (Å²) in [6, 6.07) is 0.252. The van der Waals surface area contributed by atoms with Crippen LogP contribution in [0.2, 0.25) is 0 Å². The lowest BCUT2D eigenvalue weighted by atomic mass is 10.1. The van der Waals surface area contributed by atoms with Crippen molar-refractivity contribution in [3.63, 3.8) is 0 Å². The minimum atomic E-state index is -0.451. The summed E-state index contributed by atoms with van der Waals surface area (Å²) >= 11 is 6.65. The van der Waals surface area contributed by atoms with E-state index in [1.807, 2.05) is 25.5 Å². The molecule has 0 bridgehead atoms. The molecule has 0 radical (unpaired) electrons. The Kier molecular flexibility index (Phi) is 4.73. The van der Waals surface area contributed by atoms with Crippen LogP contribution in [-0.2, 0) is 4.74 Å². The molecule has 112 valence electrons. The summed E-state index contributed by atoms with van der Waals surface area (Å²) in [7, 11) is 0. The van der Waals surface area contributed by atoms with Crippen molar-refractivity contribution in [3.8, 4) is 0 Å². The monoisotopic (exact) mass is 408 g/mol. The molecule has 20 heavy (non-hydrogen) atoms. The third-order valence-corrected chi connectivity index (χ3v) is 3.90. The zero-order valence-electron chi connectivity index (χ0n) is 11.8. The highest BCUT2D eigenvalue weighted by Gasteiger charge is 2.28. The topological polar surface area (TPSA) is 60.2 Å². The van der Waals surface area contributed by atoms with Gasteiger partial charge in [0.2, 0.25) is 4.73 Å². The van der Waals surface area contributed by atoms with Gasteiger partial charge in [0.25, 0.3) is 0 Å². The number of piperidine rings is 1. The van der Waals surface area contributed by atoms with Gasteiger partial charge < -0.3 is 9.64 Å². The minimum absolute atomic E-state index is 0.241. The first kappa shape index (κ1) is 15.8. The quantitative estimate of drug-likeness (QED) is 0.713. The number of rotatable bonds is 1. The van der Waals surface area contributed by atoms with Gasteiger partial charge in [-0.2, -0.15) is 4.98 Å². The van der Waals surface area contributed by atoms with Crippen molar-refractivity contribution in [1.82, 2.24) is 19.7 Å². The predicted molar refractivity (Wildman–Crippen MR) is 81.5 cm³/mol. The smallest absolute Gasteiger partial charge is 0.410 e. The van der Waals surface area contributed by atoms with Crippen molar-refractivity contribution < 1.29 is 9.53 Å². The number of carbonyl (C=O) groups is 1. The molecule has 2 rings (SSSR count). The first-order chi connectivity index (χ1) is 9.26. The Hall–Kier alpha value is -0.630. The Morgan fingerprint density at radius 2 is 1.90 bits per heavy atom. The molecule has 1 aliphatic rings. The van der Waals surface area contributed by atoms with E-state index < -0.39 is 5.60 Å². The van der Waals surface area contributed by atoms with E-state index in [2.05, 4.69) is 41.9 Å². The van der Waals surface area contributed by atoms with Gasteiger partial charge in [-0.3, -0.25) is 0 Å². The van der Waals surface area contributed by atoms with Crippen LogP contribution < -0.4 is 0 Å². The molecule has 8 heteroatoms. The summed E-state index contributed by atoms with van der Waals surface area (Å²) in [5, 5.41) is 4.30. The molecule has 1 fully saturated rings. The third-order valence-electron chi connectivity index (χ3n) is 3.03. The molecule has 1 aromatic rings. The van der Waals surface area contributed by atoms with E-state index in [0.717, 1.165) is 12.8 Å². The van der Waals surface area contributed by atoms with Crippen LogP contribution >= 0.6 is 31.9 Å². The van der Waals surface area contributed by atoms with E-state index in [4.69, 9.17) is 4.74 Å². The zero-order chi connectivity index (χ0) is 14.9. The lowest BCUT2D eigenvalue weighted by molar-refractivity contribution is 0.0184. The van der Waals surface area contributed by atoms with Gasteiger partial charge >= 0.3 is 6.09 Å². The second-order valence-electron chi connectivity index (χ2n) is 5.79. The summed E-state index contributed by atoms with van der Waals surface area (Å²) in [5.41, 5.74) is -0.451. The van der Waals surface area contributed by atoms with Gasteiger partial charge in [-0.05, 0) is 65.5 Å². The normalized spacial score (nSPS) is 17.4. The number of aromatic nitrogens is 3. The molecule has 0 aliphatic carbocycles. The van der Waals surface area contributed by atoms with E-state index in [9.17, 15) is 4.79 Å². The fraction of sp³-hybridized carbons (Fsp3) is 0.750. The van der Waals surface area contributed by atoms with Crippen molar-refractivity contribution in [2.24, 2.45) is 0 Å². The van der Waals surface area contributed by atoms with Gasteiger partial charge in [0.15, 0.2) is 4.73 Å². The second-order valence-corrected chi connectivity index (χ2v) is 7.21. The van der Waals surface area contributed by atoms with Crippen LogP contribution in [0.15, 0.2) is 9.47 Å². The van der Waals surface area contributed by atoms with Crippen LogP contribution in [-0.4, -0.2) is 44.4 Å². The largest absolute Gasteiger partial charge is 0.444 e. The Balaban J connectivity index is 1.92. The van der Waals surface area contributed by atoms with Crippen LogP contribution in [0.4, 0.5) is 4.79 Å². The summed E-state index contributed by atoms with van der Waals surface area (Å²) in [4.78, 5) is 17.9.